The predicted octanol–water partition coefficient (Wildman–Crippen LogP) is 4.22. The maximum absolute atomic E-state index is 13.5. The minimum absolute atomic E-state index is 0.0362. The molecule has 0 saturated heterocycles. The van der Waals surface area contributed by atoms with Crippen molar-refractivity contribution in [3.8, 4) is 0 Å². The van der Waals surface area contributed by atoms with Crippen LogP contribution in [0.3, 0.4) is 0 Å². The molecule has 0 aliphatic rings. The first-order valence-corrected chi connectivity index (χ1v) is 8.58. The van der Waals surface area contributed by atoms with Gasteiger partial charge in [-0.1, -0.05) is 56.3 Å². The van der Waals surface area contributed by atoms with Crippen LogP contribution in [0.4, 0.5) is 4.39 Å². The summed E-state index contributed by atoms with van der Waals surface area (Å²) in [4.78, 5) is 14.4. The van der Waals surface area contributed by atoms with Crippen molar-refractivity contribution in [2.24, 2.45) is 5.92 Å². The van der Waals surface area contributed by atoms with E-state index in [2.05, 4.69) is 11.8 Å². The number of hydrogen-bond donors (Lipinski definition) is 0. The van der Waals surface area contributed by atoms with E-state index >= 15 is 0 Å². The number of carbonyl (C=O) groups excluding carboxylic acids is 1. The van der Waals surface area contributed by atoms with E-state index in [-0.39, 0.29) is 24.1 Å². The molecule has 0 bridgehead atoms. The molecule has 0 amide bonds. The van der Waals surface area contributed by atoms with E-state index < -0.39 is 5.60 Å². The summed E-state index contributed by atoms with van der Waals surface area (Å²) in [5.41, 5.74) is 0.695. The van der Waals surface area contributed by atoms with Gasteiger partial charge in [-0.25, -0.2) is 4.39 Å². The molecule has 2 aromatic rings. The molecule has 0 aromatic heterocycles. The van der Waals surface area contributed by atoms with Crippen LogP contribution in [-0.2, 0) is 15.1 Å². The molecule has 0 aliphatic heterocycles. The van der Waals surface area contributed by atoms with Gasteiger partial charge in [0.05, 0.1) is 0 Å². The standard InChI is InChI=1S/C21H26FNO2/c1-5-20(24)25-21(16(2)15-23(3)4,17-9-7-6-8-10-17)18-11-13-19(22)14-12-18/h6-14,16H,5,15H2,1-4H3/t16-,21+/m1/s1. The third-order valence-electron chi connectivity index (χ3n) is 4.37. The Morgan fingerprint density at radius 3 is 2.16 bits per heavy atom. The molecule has 2 aromatic carbocycles. The zero-order valence-corrected chi connectivity index (χ0v) is 15.3. The van der Waals surface area contributed by atoms with Gasteiger partial charge < -0.3 is 9.64 Å². The lowest BCUT2D eigenvalue weighted by atomic mass is 9.76. The second-order valence-corrected chi connectivity index (χ2v) is 6.60. The minimum Gasteiger partial charge on any atom is -0.449 e. The van der Waals surface area contributed by atoms with Crippen LogP contribution in [-0.4, -0.2) is 31.5 Å². The van der Waals surface area contributed by atoms with Gasteiger partial charge in [-0.05, 0) is 26.2 Å². The van der Waals surface area contributed by atoms with E-state index in [1.807, 2.05) is 44.4 Å². The maximum Gasteiger partial charge on any atom is 0.306 e. The summed E-state index contributed by atoms with van der Waals surface area (Å²) in [7, 11) is 3.97. The van der Waals surface area contributed by atoms with E-state index in [1.54, 1.807) is 19.1 Å². The Hall–Kier alpha value is -2.20. The Balaban J connectivity index is 2.67. The summed E-state index contributed by atoms with van der Waals surface area (Å²) < 4.78 is 19.6. The van der Waals surface area contributed by atoms with Gasteiger partial charge in [-0.2, -0.15) is 0 Å². The first kappa shape index (κ1) is 19.1. The Bertz CT molecular complexity index is 685. The molecule has 0 N–H and O–H groups in total. The van der Waals surface area contributed by atoms with Gasteiger partial charge in [0, 0.05) is 30.0 Å². The zero-order valence-electron chi connectivity index (χ0n) is 15.3. The lowest BCUT2D eigenvalue weighted by Gasteiger charge is -2.40. The fourth-order valence-electron chi connectivity index (χ4n) is 3.27. The molecule has 0 unspecified atom stereocenters. The molecule has 3 nitrogen and oxygen atoms in total. The highest BCUT2D eigenvalue weighted by atomic mass is 19.1. The van der Waals surface area contributed by atoms with Crippen LogP contribution in [0.5, 0.6) is 0 Å². The van der Waals surface area contributed by atoms with Gasteiger partial charge in [-0.15, -0.1) is 0 Å². The van der Waals surface area contributed by atoms with E-state index in [0.29, 0.717) is 6.54 Å². The lowest BCUT2D eigenvalue weighted by Crippen LogP contribution is -2.44. The molecule has 0 spiro atoms. The summed E-state index contributed by atoms with van der Waals surface area (Å²) in [6, 6.07) is 15.9. The van der Waals surface area contributed by atoms with Crippen molar-refractivity contribution in [1.29, 1.82) is 0 Å². The number of ether oxygens (including phenoxy) is 1. The van der Waals surface area contributed by atoms with Crippen LogP contribution in [0, 0.1) is 11.7 Å². The van der Waals surface area contributed by atoms with Crippen LogP contribution in [0.1, 0.15) is 31.4 Å². The topological polar surface area (TPSA) is 29.5 Å². The predicted molar refractivity (Wildman–Crippen MR) is 97.7 cm³/mol. The lowest BCUT2D eigenvalue weighted by molar-refractivity contribution is -0.162. The number of carbonyl (C=O) groups is 1. The van der Waals surface area contributed by atoms with Crippen LogP contribution in [0.25, 0.3) is 0 Å². The molecule has 0 heterocycles. The van der Waals surface area contributed by atoms with E-state index in [1.165, 1.54) is 12.1 Å². The van der Waals surface area contributed by atoms with Gasteiger partial charge in [0.25, 0.3) is 0 Å². The SMILES string of the molecule is CCC(=O)O[C@@](c1ccccc1)(c1ccc(F)cc1)[C@H](C)CN(C)C. The monoisotopic (exact) mass is 343 g/mol. The van der Waals surface area contributed by atoms with Crippen LogP contribution < -0.4 is 0 Å². The molecular formula is C21H26FNO2. The number of nitrogens with zero attached hydrogens (tertiary/aromatic N) is 1. The average Bonchev–Trinajstić information content (AvgIpc) is 2.60. The van der Waals surface area contributed by atoms with Gasteiger partial charge in [0.1, 0.15) is 5.82 Å². The summed E-state index contributed by atoms with van der Waals surface area (Å²) in [5, 5.41) is 0. The fourth-order valence-corrected chi connectivity index (χ4v) is 3.27. The molecule has 25 heavy (non-hydrogen) atoms. The Labute approximate surface area is 149 Å². The van der Waals surface area contributed by atoms with Crippen molar-refractivity contribution in [2.75, 3.05) is 20.6 Å². The van der Waals surface area contributed by atoms with Crippen molar-refractivity contribution in [1.82, 2.24) is 4.90 Å². The van der Waals surface area contributed by atoms with Crippen molar-refractivity contribution >= 4 is 5.97 Å². The van der Waals surface area contributed by atoms with Crippen LogP contribution in [0.15, 0.2) is 54.6 Å². The molecule has 0 aliphatic carbocycles. The van der Waals surface area contributed by atoms with Gasteiger partial charge in [0.2, 0.25) is 0 Å². The summed E-state index contributed by atoms with van der Waals surface area (Å²) in [5.74, 6) is -0.627. The van der Waals surface area contributed by atoms with Gasteiger partial charge in [0.15, 0.2) is 5.60 Å². The second kappa shape index (κ2) is 8.26. The molecule has 134 valence electrons. The first-order chi connectivity index (χ1) is 11.9. The van der Waals surface area contributed by atoms with E-state index in [0.717, 1.165) is 11.1 Å². The average molecular weight is 343 g/mol. The Morgan fingerprint density at radius 1 is 1.08 bits per heavy atom. The molecule has 2 rings (SSSR count). The molecule has 4 heteroatoms. The number of rotatable bonds is 7. The Morgan fingerprint density at radius 2 is 1.64 bits per heavy atom. The molecule has 0 radical (unpaired) electrons. The molecule has 0 saturated carbocycles. The van der Waals surface area contributed by atoms with Crippen molar-refractivity contribution in [3.05, 3.63) is 71.5 Å². The summed E-state index contributed by atoms with van der Waals surface area (Å²) in [6.07, 6.45) is 0.282. The van der Waals surface area contributed by atoms with Crippen molar-refractivity contribution < 1.29 is 13.9 Å². The van der Waals surface area contributed by atoms with Gasteiger partial charge in [-0.3, -0.25) is 4.79 Å². The maximum atomic E-state index is 13.5. The van der Waals surface area contributed by atoms with Crippen molar-refractivity contribution in [3.63, 3.8) is 0 Å². The van der Waals surface area contributed by atoms with Gasteiger partial charge >= 0.3 is 5.97 Å². The largest absolute Gasteiger partial charge is 0.449 e. The zero-order chi connectivity index (χ0) is 18.4. The number of hydrogen-bond acceptors (Lipinski definition) is 3. The number of halogens is 1. The Kier molecular flexibility index (Phi) is 6.32. The fraction of sp³-hybridized carbons (Fsp3) is 0.381. The smallest absolute Gasteiger partial charge is 0.306 e. The highest BCUT2D eigenvalue weighted by molar-refractivity contribution is 5.70. The normalized spacial score (nSPS) is 14.8. The minimum atomic E-state index is -0.966. The third-order valence-corrected chi connectivity index (χ3v) is 4.37. The molecule has 0 fully saturated rings. The second-order valence-electron chi connectivity index (χ2n) is 6.60. The summed E-state index contributed by atoms with van der Waals surface area (Å²) >= 11 is 0. The van der Waals surface area contributed by atoms with Crippen LogP contribution in [0.2, 0.25) is 0 Å². The molecule has 2 atom stereocenters. The highest BCUT2D eigenvalue weighted by Crippen LogP contribution is 2.41. The van der Waals surface area contributed by atoms with E-state index in [9.17, 15) is 9.18 Å². The third kappa shape index (κ3) is 4.26. The van der Waals surface area contributed by atoms with E-state index in [4.69, 9.17) is 4.74 Å². The van der Waals surface area contributed by atoms with Crippen molar-refractivity contribution in [2.45, 2.75) is 25.9 Å². The first-order valence-electron chi connectivity index (χ1n) is 8.58. The van der Waals surface area contributed by atoms with Crippen LogP contribution >= 0.6 is 0 Å². The summed E-state index contributed by atoms with van der Waals surface area (Å²) in [6.45, 7) is 4.54. The molecular weight excluding hydrogens is 317 g/mol. The number of esters is 1. The number of benzene rings is 2. The quantitative estimate of drug-likeness (QED) is 0.705. The highest BCUT2D eigenvalue weighted by Gasteiger charge is 2.43.